The van der Waals surface area contributed by atoms with Gasteiger partial charge in [0.25, 0.3) is 5.91 Å². The standard InChI is InChI=1S/C22H24FNO6/c1-13(2)21(14-4-7-18-19(11-14)29-9-8-28-18)24-20(25)12-30-22(26)15-5-6-17(27-3)16(23)10-15/h4-7,10-11,13,21H,8-9,12H2,1-3H3,(H,24,25)/t21-/m0/s1. The predicted octanol–water partition coefficient (Wildman–Crippen LogP) is 3.28. The van der Waals surface area contributed by atoms with E-state index in [9.17, 15) is 14.0 Å². The summed E-state index contributed by atoms with van der Waals surface area (Å²) in [6.07, 6.45) is 0. The highest BCUT2D eigenvalue weighted by Crippen LogP contribution is 2.34. The molecule has 1 atom stereocenters. The van der Waals surface area contributed by atoms with Gasteiger partial charge < -0.3 is 24.3 Å². The molecule has 30 heavy (non-hydrogen) atoms. The molecule has 8 heteroatoms. The largest absolute Gasteiger partial charge is 0.494 e. The number of hydrogen-bond donors (Lipinski definition) is 1. The summed E-state index contributed by atoms with van der Waals surface area (Å²) < 4.78 is 34.7. The van der Waals surface area contributed by atoms with Gasteiger partial charge in [-0.15, -0.1) is 0 Å². The summed E-state index contributed by atoms with van der Waals surface area (Å²) in [5, 5.41) is 2.87. The second kappa shape index (κ2) is 9.47. The van der Waals surface area contributed by atoms with Gasteiger partial charge in [-0.05, 0) is 41.8 Å². The highest BCUT2D eigenvalue weighted by Gasteiger charge is 2.22. The zero-order chi connectivity index (χ0) is 21.7. The van der Waals surface area contributed by atoms with Crippen LogP contribution in [0.15, 0.2) is 36.4 Å². The highest BCUT2D eigenvalue weighted by atomic mass is 19.1. The van der Waals surface area contributed by atoms with E-state index in [1.54, 1.807) is 0 Å². The van der Waals surface area contributed by atoms with Crippen LogP contribution in [0.4, 0.5) is 4.39 Å². The molecule has 0 saturated carbocycles. The maximum atomic E-state index is 13.7. The number of amides is 1. The molecule has 1 heterocycles. The Morgan fingerprint density at radius 3 is 2.50 bits per heavy atom. The minimum Gasteiger partial charge on any atom is -0.494 e. The molecule has 1 aliphatic heterocycles. The van der Waals surface area contributed by atoms with E-state index in [1.165, 1.54) is 19.2 Å². The first-order chi connectivity index (χ1) is 14.4. The maximum Gasteiger partial charge on any atom is 0.338 e. The minimum atomic E-state index is -0.799. The fourth-order valence-corrected chi connectivity index (χ4v) is 3.11. The third-order valence-electron chi connectivity index (χ3n) is 4.63. The molecule has 160 valence electrons. The number of hydrogen-bond acceptors (Lipinski definition) is 6. The molecular weight excluding hydrogens is 393 g/mol. The van der Waals surface area contributed by atoms with Crippen LogP contribution in [0.2, 0.25) is 0 Å². The summed E-state index contributed by atoms with van der Waals surface area (Å²) in [7, 11) is 1.33. The molecule has 1 aliphatic rings. The highest BCUT2D eigenvalue weighted by molar-refractivity contribution is 5.91. The molecule has 0 aromatic heterocycles. The summed E-state index contributed by atoms with van der Waals surface area (Å²) in [5.74, 6) is -0.564. The van der Waals surface area contributed by atoms with Gasteiger partial charge in [0.05, 0.1) is 18.7 Å². The SMILES string of the molecule is COc1ccc(C(=O)OCC(=O)N[C@H](c2ccc3c(c2)OCCO3)C(C)C)cc1F. The van der Waals surface area contributed by atoms with E-state index >= 15 is 0 Å². The molecule has 2 aromatic carbocycles. The fourth-order valence-electron chi connectivity index (χ4n) is 3.11. The average Bonchev–Trinajstić information content (AvgIpc) is 2.75. The van der Waals surface area contributed by atoms with E-state index in [2.05, 4.69) is 5.32 Å². The van der Waals surface area contributed by atoms with E-state index in [4.69, 9.17) is 18.9 Å². The molecule has 1 N–H and O–H groups in total. The van der Waals surface area contributed by atoms with Gasteiger partial charge in [0.15, 0.2) is 29.7 Å². The van der Waals surface area contributed by atoms with Crippen LogP contribution in [0.25, 0.3) is 0 Å². The zero-order valence-electron chi connectivity index (χ0n) is 17.1. The van der Waals surface area contributed by atoms with Crippen molar-refractivity contribution in [2.45, 2.75) is 19.9 Å². The topological polar surface area (TPSA) is 83.1 Å². The van der Waals surface area contributed by atoms with Gasteiger partial charge >= 0.3 is 5.97 Å². The number of nitrogens with one attached hydrogen (secondary N) is 1. The van der Waals surface area contributed by atoms with Crippen LogP contribution in [0.3, 0.4) is 0 Å². The van der Waals surface area contributed by atoms with Crippen molar-refractivity contribution in [2.75, 3.05) is 26.9 Å². The first-order valence-electron chi connectivity index (χ1n) is 9.58. The Balaban J connectivity index is 1.62. The number of carbonyl (C=O) groups is 2. The van der Waals surface area contributed by atoms with Crippen LogP contribution >= 0.6 is 0 Å². The van der Waals surface area contributed by atoms with Crippen molar-refractivity contribution in [1.29, 1.82) is 0 Å². The molecule has 0 unspecified atom stereocenters. The van der Waals surface area contributed by atoms with Crippen LogP contribution in [-0.4, -0.2) is 38.8 Å². The van der Waals surface area contributed by atoms with Gasteiger partial charge in [-0.3, -0.25) is 4.79 Å². The van der Waals surface area contributed by atoms with Gasteiger partial charge in [0, 0.05) is 0 Å². The first kappa shape index (κ1) is 21.4. The van der Waals surface area contributed by atoms with Crippen LogP contribution in [0, 0.1) is 11.7 Å². The van der Waals surface area contributed by atoms with E-state index in [1.807, 2.05) is 32.0 Å². The Morgan fingerprint density at radius 2 is 1.83 bits per heavy atom. The summed E-state index contributed by atoms with van der Waals surface area (Å²) in [6.45, 7) is 4.42. The Bertz CT molecular complexity index is 930. The van der Waals surface area contributed by atoms with E-state index < -0.39 is 24.3 Å². The smallest absolute Gasteiger partial charge is 0.338 e. The monoisotopic (exact) mass is 417 g/mol. The van der Waals surface area contributed by atoms with Crippen molar-refractivity contribution in [3.05, 3.63) is 53.3 Å². The van der Waals surface area contributed by atoms with Crippen molar-refractivity contribution < 1.29 is 32.9 Å². The van der Waals surface area contributed by atoms with Crippen LogP contribution in [0.1, 0.15) is 35.8 Å². The lowest BCUT2D eigenvalue weighted by atomic mass is 9.95. The van der Waals surface area contributed by atoms with E-state index in [0.717, 1.165) is 11.6 Å². The Hall–Kier alpha value is -3.29. The lowest BCUT2D eigenvalue weighted by Crippen LogP contribution is -2.35. The normalized spacial score (nSPS) is 13.5. The third-order valence-corrected chi connectivity index (χ3v) is 4.63. The quantitative estimate of drug-likeness (QED) is 0.697. The van der Waals surface area contributed by atoms with Crippen molar-refractivity contribution in [3.63, 3.8) is 0 Å². The van der Waals surface area contributed by atoms with Gasteiger partial charge in [-0.2, -0.15) is 0 Å². The number of rotatable bonds is 7. The molecule has 3 rings (SSSR count). The second-order valence-electron chi connectivity index (χ2n) is 7.12. The van der Waals surface area contributed by atoms with Crippen LogP contribution < -0.4 is 19.5 Å². The number of benzene rings is 2. The van der Waals surface area contributed by atoms with Gasteiger partial charge in [0.2, 0.25) is 0 Å². The molecular formula is C22H24FNO6. The van der Waals surface area contributed by atoms with Crippen molar-refractivity contribution in [2.24, 2.45) is 5.92 Å². The number of esters is 1. The maximum absolute atomic E-state index is 13.7. The van der Waals surface area contributed by atoms with Crippen LogP contribution in [0.5, 0.6) is 17.2 Å². The molecule has 0 fully saturated rings. The molecule has 0 spiro atoms. The summed E-state index contributed by atoms with van der Waals surface area (Å²) >= 11 is 0. The summed E-state index contributed by atoms with van der Waals surface area (Å²) in [6, 6.07) is 8.90. The molecule has 0 saturated heterocycles. The average molecular weight is 417 g/mol. The number of halogens is 1. The van der Waals surface area contributed by atoms with Crippen LogP contribution in [-0.2, 0) is 9.53 Å². The van der Waals surface area contributed by atoms with Gasteiger partial charge in [-0.1, -0.05) is 19.9 Å². The molecule has 1 amide bonds. The Kier molecular flexibility index (Phi) is 6.76. The Labute approximate surface area is 174 Å². The molecule has 0 radical (unpaired) electrons. The first-order valence-corrected chi connectivity index (χ1v) is 9.58. The predicted molar refractivity (Wildman–Crippen MR) is 106 cm³/mol. The van der Waals surface area contributed by atoms with Crippen molar-refractivity contribution in [1.82, 2.24) is 5.32 Å². The number of fused-ring (bicyclic) bond motifs is 1. The number of carbonyl (C=O) groups excluding carboxylic acids is 2. The van der Waals surface area contributed by atoms with E-state index in [0.29, 0.717) is 24.7 Å². The summed E-state index contributed by atoms with van der Waals surface area (Å²) in [4.78, 5) is 24.5. The summed E-state index contributed by atoms with van der Waals surface area (Å²) in [5.41, 5.74) is 0.847. The number of ether oxygens (including phenoxy) is 4. The zero-order valence-corrected chi connectivity index (χ0v) is 17.1. The molecule has 7 nitrogen and oxygen atoms in total. The van der Waals surface area contributed by atoms with Gasteiger partial charge in [-0.25, -0.2) is 9.18 Å². The number of methoxy groups -OCH3 is 1. The van der Waals surface area contributed by atoms with Crippen molar-refractivity contribution >= 4 is 11.9 Å². The lowest BCUT2D eigenvalue weighted by molar-refractivity contribution is -0.125. The second-order valence-corrected chi connectivity index (χ2v) is 7.12. The fraction of sp³-hybridized carbons (Fsp3) is 0.364. The van der Waals surface area contributed by atoms with E-state index in [-0.39, 0.29) is 23.3 Å². The lowest BCUT2D eigenvalue weighted by Gasteiger charge is -2.25. The molecule has 0 aliphatic carbocycles. The minimum absolute atomic E-state index is 0.00616. The Morgan fingerprint density at radius 1 is 1.10 bits per heavy atom. The molecule has 0 bridgehead atoms. The van der Waals surface area contributed by atoms with Gasteiger partial charge in [0.1, 0.15) is 13.2 Å². The molecule has 2 aromatic rings. The van der Waals surface area contributed by atoms with Crippen molar-refractivity contribution in [3.8, 4) is 17.2 Å². The third kappa shape index (κ3) is 5.00.